The first-order valence-corrected chi connectivity index (χ1v) is 6.27. The lowest BCUT2D eigenvalue weighted by molar-refractivity contribution is 0.378. The Morgan fingerprint density at radius 1 is 1.14 bits per heavy atom. The fourth-order valence-corrected chi connectivity index (χ4v) is 3.34. The van der Waals surface area contributed by atoms with Gasteiger partial charge < -0.3 is 10.6 Å². The van der Waals surface area contributed by atoms with Crippen LogP contribution in [0.3, 0.4) is 0 Å². The third-order valence-electron chi connectivity index (χ3n) is 4.59. The van der Waals surface area contributed by atoms with Gasteiger partial charge in [-0.3, -0.25) is 0 Å². The first-order chi connectivity index (χ1) is 6.83. The molecule has 1 aliphatic heterocycles. The van der Waals surface area contributed by atoms with Crippen LogP contribution in [0.5, 0.6) is 0 Å². The van der Waals surface area contributed by atoms with Crippen molar-refractivity contribution in [1.29, 1.82) is 0 Å². The standard InChI is InChI=1S/C12H22N2/c1-8-5-13-6-11(8)7-14-12-3-9-2-10(9)4-12/h8-14H,2-7H2,1H3. The number of fused-ring (bicyclic) bond motifs is 1. The SMILES string of the molecule is CC1CNCC1CNC1CC2CC2C1. The molecule has 4 atom stereocenters. The summed E-state index contributed by atoms with van der Waals surface area (Å²) in [5.74, 6) is 3.99. The second-order valence-corrected chi connectivity index (χ2v) is 5.73. The fourth-order valence-electron chi connectivity index (χ4n) is 3.34. The molecule has 0 radical (unpaired) electrons. The maximum Gasteiger partial charge on any atom is 0.00726 e. The van der Waals surface area contributed by atoms with Crippen LogP contribution in [0.2, 0.25) is 0 Å². The Morgan fingerprint density at radius 2 is 1.93 bits per heavy atom. The van der Waals surface area contributed by atoms with E-state index in [0.717, 1.165) is 29.7 Å². The highest BCUT2D eigenvalue weighted by Crippen LogP contribution is 2.51. The number of hydrogen-bond donors (Lipinski definition) is 2. The summed E-state index contributed by atoms with van der Waals surface area (Å²) >= 11 is 0. The summed E-state index contributed by atoms with van der Waals surface area (Å²) in [6.45, 7) is 6.08. The molecule has 3 aliphatic rings. The molecule has 2 N–H and O–H groups in total. The predicted molar refractivity (Wildman–Crippen MR) is 58.1 cm³/mol. The van der Waals surface area contributed by atoms with E-state index in [2.05, 4.69) is 17.6 Å². The minimum Gasteiger partial charge on any atom is -0.316 e. The summed E-state index contributed by atoms with van der Waals surface area (Å²) in [5, 5.41) is 7.25. The van der Waals surface area contributed by atoms with Gasteiger partial charge in [-0.1, -0.05) is 6.92 Å². The first-order valence-electron chi connectivity index (χ1n) is 6.27. The van der Waals surface area contributed by atoms with Crippen LogP contribution in [-0.2, 0) is 0 Å². The van der Waals surface area contributed by atoms with E-state index in [0.29, 0.717) is 0 Å². The Bertz CT molecular complexity index is 206. The van der Waals surface area contributed by atoms with Gasteiger partial charge in [0.1, 0.15) is 0 Å². The van der Waals surface area contributed by atoms with Gasteiger partial charge in [-0.25, -0.2) is 0 Å². The zero-order valence-electron chi connectivity index (χ0n) is 9.13. The predicted octanol–water partition coefficient (Wildman–Crippen LogP) is 1.23. The number of nitrogens with one attached hydrogen (secondary N) is 2. The average Bonchev–Trinajstić information content (AvgIpc) is 2.61. The zero-order chi connectivity index (χ0) is 9.54. The van der Waals surface area contributed by atoms with Gasteiger partial charge in [0, 0.05) is 6.04 Å². The Labute approximate surface area is 86.8 Å². The van der Waals surface area contributed by atoms with Gasteiger partial charge in [0.2, 0.25) is 0 Å². The Balaban J connectivity index is 1.41. The van der Waals surface area contributed by atoms with Gasteiger partial charge in [-0.2, -0.15) is 0 Å². The average molecular weight is 194 g/mol. The van der Waals surface area contributed by atoms with Gasteiger partial charge in [0.25, 0.3) is 0 Å². The van der Waals surface area contributed by atoms with E-state index >= 15 is 0 Å². The molecule has 1 saturated heterocycles. The number of rotatable bonds is 3. The van der Waals surface area contributed by atoms with Crippen molar-refractivity contribution in [3.63, 3.8) is 0 Å². The Hall–Kier alpha value is -0.0800. The van der Waals surface area contributed by atoms with Crippen LogP contribution < -0.4 is 10.6 Å². The molecule has 2 aliphatic carbocycles. The van der Waals surface area contributed by atoms with Gasteiger partial charge in [0.05, 0.1) is 0 Å². The van der Waals surface area contributed by atoms with Crippen molar-refractivity contribution in [3.05, 3.63) is 0 Å². The van der Waals surface area contributed by atoms with E-state index < -0.39 is 0 Å². The molecule has 1 heterocycles. The molecule has 0 bridgehead atoms. The van der Waals surface area contributed by atoms with Gasteiger partial charge in [-0.15, -0.1) is 0 Å². The molecule has 0 aromatic heterocycles. The Kier molecular flexibility index (Phi) is 2.29. The lowest BCUT2D eigenvalue weighted by Crippen LogP contribution is -2.34. The molecule has 2 heteroatoms. The van der Waals surface area contributed by atoms with E-state index in [1.165, 1.54) is 32.5 Å². The monoisotopic (exact) mass is 194 g/mol. The van der Waals surface area contributed by atoms with Gasteiger partial charge >= 0.3 is 0 Å². The van der Waals surface area contributed by atoms with Gasteiger partial charge in [-0.05, 0) is 62.6 Å². The van der Waals surface area contributed by atoms with Crippen molar-refractivity contribution in [2.24, 2.45) is 23.7 Å². The fraction of sp³-hybridized carbons (Fsp3) is 1.00. The van der Waals surface area contributed by atoms with Crippen LogP contribution in [0.1, 0.15) is 26.2 Å². The lowest BCUT2D eigenvalue weighted by atomic mass is 9.97. The van der Waals surface area contributed by atoms with Crippen molar-refractivity contribution in [2.45, 2.75) is 32.2 Å². The molecule has 0 aromatic carbocycles. The molecule has 14 heavy (non-hydrogen) atoms. The maximum absolute atomic E-state index is 3.77. The normalized spacial score (nSPS) is 50.8. The summed E-state index contributed by atoms with van der Waals surface area (Å²) in [4.78, 5) is 0. The van der Waals surface area contributed by atoms with E-state index in [1.807, 2.05) is 0 Å². The highest BCUT2D eigenvalue weighted by atomic mass is 15.0. The van der Waals surface area contributed by atoms with E-state index in [1.54, 1.807) is 6.42 Å². The highest BCUT2D eigenvalue weighted by molar-refractivity contribution is 4.99. The second-order valence-electron chi connectivity index (χ2n) is 5.73. The van der Waals surface area contributed by atoms with Crippen LogP contribution >= 0.6 is 0 Å². The summed E-state index contributed by atoms with van der Waals surface area (Å²) < 4.78 is 0. The summed E-state index contributed by atoms with van der Waals surface area (Å²) in [6, 6.07) is 0.867. The van der Waals surface area contributed by atoms with E-state index in [4.69, 9.17) is 0 Å². The smallest absolute Gasteiger partial charge is 0.00726 e. The van der Waals surface area contributed by atoms with Crippen LogP contribution in [-0.4, -0.2) is 25.7 Å². The summed E-state index contributed by atoms with van der Waals surface area (Å²) in [7, 11) is 0. The van der Waals surface area contributed by atoms with Crippen molar-refractivity contribution < 1.29 is 0 Å². The van der Waals surface area contributed by atoms with E-state index in [9.17, 15) is 0 Å². The minimum absolute atomic E-state index is 0.867. The molecule has 0 spiro atoms. The number of hydrogen-bond acceptors (Lipinski definition) is 2. The van der Waals surface area contributed by atoms with E-state index in [-0.39, 0.29) is 0 Å². The topological polar surface area (TPSA) is 24.1 Å². The molecule has 3 rings (SSSR count). The summed E-state index contributed by atoms with van der Waals surface area (Å²) in [6.07, 6.45) is 4.48. The van der Waals surface area contributed by atoms with Crippen LogP contribution in [0.25, 0.3) is 0 Å². The minimum atomic E-state index is 0.867. The molecule has 0 aromatic rings. The third kappa shape index (κ3) is 1.70. The van der Waals surface area contributed by atoms with Crippen molar-refractivity contribution >= 4 is 0 Å². The first kappa shape index (κ1) is 9.17. The Morgan fingerprint density at radius 3 is 2.57 bits per heavy atom. The van der Waals surface area contributed by atoms with Gasteiger partial charge in [0.15, 0.2) is 0 Å². The van der Waals surface area contributed by atoms with Crippen LogP contribution in [0.4, 0.5) is 0 Å². The van der Waals surface area contributed by atoms with Crippen molar-refractivity contribution in [2.75, 3.05) is 19.6 Å². The largest absolute Gasteiger partial charge is 0.316 e. The molecule has 0 amide bonds. The lowest BCUT2D eigenvalue weighted by Gasteiger charge is -2.19. The third-order valence-corrected chi connectivity index (χ3v) is 4.59. The highest BCUT2D eigenvalue weighted by Gasteiger charge is 2.45. The second kappa shape index (κ2) is 3.49. The molecule has 2 saturated carbocycles. The van der Waals surface area contributed by atoms with Crippen molar-refractivity contribution in [3.8, 4) is 0 Å². The molecule has 80 valence electrons. The molecule has 2 nitrogen and oxygen atoms in total. The molecule has 4 unspecified atom stereocenters. The van der Waals surface area contributed by atoms with Crippen LogP contribution in [0.15, 0.2) is 0 Å². The van der Waals surface area contributed by atoms with Crippen LogP contribution in [0, 0.1) is 23.7 Å². The molecular weight excluding hydrogens is 172 g/mol. The van der Waals surface area contributed by atoms with Crippen molar-refractivity contribution in [1.82, 2.24) is 10.6 Å². The quantitative estimate of drug-likeness (QED) is 0.706. The maximum atomic E-state index is 3.77. The molecule has 3 fully saturated rings. The molecular formula is C12H22N2. The zero-order valence-corrected chi connectivity index (χ0v) is 9.13. The summed E-state index contributed by atoms with van der Waals surface area (Å²) in [5.41, 5.74) is 0.